The van der Waals surface area contributed by atoms with Gasteiger partial charge in [-0.2, -0.15) is 0 Å². The van der Waals surface area contributed by atoms with E-state index in [1.54, 1.807) is 4.90 Å². The minimum atomic E-state index is -0.626. The van der Waals surface area contributed by atoms with Crippen molar-refractivity contribution in [2.75, 3.05) is 4.90 Å². The number of ether oxygens (including phenoxy) is 2. The quantitative estimate of drug-likeness (QED) is 0.672. The molecule has 4 heteroatoms. The summed E-state index contributed by atoms with van der Waals surface area (Å²) in [7, 11) is 0. The summed E-state index contributed by atoms with van der Waals surface area (Å²) in [6.45, 7) is 9.53. The smallest absolute Gasteiger partial charge is 0.417 e. The summed E-state index contributed by atoms with van der Waals surface area (Å²) in [4.78, 5) is 14.1. The Morgan fingerprint density at radius 1 is 1.26 bits per heavy atom. The van der Waals surface area contributed by atoms with E-state index in [1.807, 2.05) is 58.9 Å². The van der Waals surface area contributed by atoms with E-state index in [-0.39, 0.29) is 6.09 Å². The van der Waals surface area contributed by atoms with Gasteiger partial charge in [-0.3, -0.25) is 0 Å². The molecule has 1 aromatic rings. The highest BCUT2D eigenvalue weighted by Crippen LogP contribution is 2.65. The molecule has 2 atom stereocenters. The largest absolute Gasteiger partial charge is 0.443 e. The van der Waals surface area contributed by atoms with Gasteiger partial charge in [0.2, 0.25) is 0 Å². The summed E-state index contributed by atoms with van der Waals surface area (Å²) >= 11 is 0. The third-order valence-corrected chi connectivity index (χ3v) is 3.91. The lowest BCUT2D eigenvalue weighted by Crippen LogP contribution is -2.43. The fourth-order valence-corrected chi connectivity index (χ4v) is 2.82. The Hall–Kier alpha value is -1.55. The Labute approximate surface area is 113 Å². The molecule has 3 rings (SSSR count). The van der Waals surface area contributed by atoms with Gasteiger partial charge in [-0.05, 0) is 40.7 Å². The average molecular weight is 261 g/mol. The number of amides is 1. The molecule has 4 nitrogen and oxygen atoms in total. The zero-order chi connectivity index (χ0) is 14.1. The second kappa shape index (κ2) is 3.31. The van der Waals surface area contributed by atoms with Gasteiger partial charge in [-0.25, -0.2) is 9.69 Å². The summed E-state index contributed by atoms with van der Waals surface area (Å²) in [5.41, 5.74) is 0.367. The minimum absolute atomic E-state index is 0.358. The van der Waals surface area contributed by atoms with Crippen LogP contribution >= 0.6 is 0 Å². The van der Waals surface area contributed by atoms with E-state index >= 15 is 0 Å². The number of hydrogen-bond acceptors (Lipinski definition) is 3. The molecule has 0 radical (unpaired) electrons. The first-order chi connectivity index (χ1) is 8.69. The second-order valence-electron chi connectivity index (χ2n) is 6.45. The Bertz CT molecular complexity index is 563. The Morgan fingerprint density at radius 2 is 1.89 bits per heavy atom. The predicted molar refractivity (Wildman–Crippen MR) is 72.0 cm³/mol. The molecule has 0 aliphatic carbocycles. The maximum absolute atomic E-state index is 12.4. The van der Waals surface area contributed by atoms with Gasteiger partial charge in [0.05, 0.1) is 5.69 Å². The number of nitrogens with zero attached hydrogens (tertiary/aromatic N) is 1. The zero-order valence-corrected chi connectivity index (χ0v) is 12.0. The van der Waals surface area contributed by atoms with Gasteiger partial charge in [0, 0.05) is 5.56 Å². The third kappa shape index (κ3) is 1.53. The number of epoxide rings is 1. The predicted octanol–water partition coefficient (Wildman–Crippen LogP) is 3.40. The molecule has 2 unspecified atom stereocenters. The maximum Gasteiger partial charge on any atom is 0.417 e. The van der Waals surface area contributed by atoms with Crippen molar-refractivity contribution in [3.05, 3.63) is 29.8 Å². The Balaban J connectivity index is 2.01. The van der Waals surface area contributed by atoms with Gasteiger partial charge >= 0.3 is 6.09 Å². The van der Waals surface area contributed by atoms with Crippen LogP contribution in [0, 0.1) is 0 Å². The molecule has 1 fully saturated rings. The molecule has 102 valence electrons. The summed E-state index contributed by atoms with van der Waals surface area (Å²) in [5, 5.41) is 0. The molecular formula is C15H19NO3. The second-order valence-corrected chi connectivity index (χ2v) is 6.45. The zero-order valence-electron chi connectivity index (χ0n) is 12.0. The topological polar surface area (TPSA) is 42.1 Å². The standard InChI is InChI=1S/C15H19NO3/c1-13(2,3)18-12(17)16-11-9-7-6-8-10(11)14(4)15(16,5)19-14/h6-9H,1-5H3. The fourth-order valence-electron chi connectivity index (χ4n) is 2.82. The van der Waals surface area contributed by atoms with Crippen LogP contribution in [0.15, 0.2) is 24.3 Å². The molecule has 1 amide bonds. The monoisotopic (exact) mass is 261 g/mol. The highest BCUT2D eigenvalue weighted by Gasteiger charge is 2.75. The number of benzene rings is 1. The lowest BCUT2D eigenvalue weighted by Gasteiger charge is -2.28. The van der Waals surface area contributed by atoms with E-state index in [0.717, 1.165) is 11.3 Å². The van der Waals surface area contributed by atoms with E-state index in [0.29, 0.717) is 0 Å². The summed E-state index contributed by atoms with van der Waals surface area (Å²) < 4.78 is 11.3. The van der Waals surface area contributed by atoms with Crippen LogP contribution in [0.4, 0.5) is 10.5 Å². The Morgan fingerprint density at radius 3 is 2.53 bits per heavy atom. The van der Waals surface area contributed by atoms with Crippen molar-refractivity contribution in [3.63, 3.8) is 0 Å². The van der Waals surface area contributed by atoms with E-state index in [2.05, 4.69) is 0 Å². The van der Waals surface area contributed by atoms with Crippen molar-refractivity contribution in [2.24, 2.45) is 0 Å². The van der Waals surface area contributed by atoms with Crippen LogP contribution in [-0.2, 0) is 15.1 Å². The van der Waals surface area contributed by atoms with Crippen LogP contribution in [0.3, 0.4) is 0 Å². The molecule has 1 saturated heterocycles. The molecule has 2 aliphatic heterocycles. The molecule has 0 spiro atoms. The van der Waals surface area contributed by atoms with Crippen molar-refractivity contribution in [2.45, 2.75) is 51.5 Å². The van der Waals surface area contributed by atoms with Crippen molar-refractivity contribution in [3.8, 4) is 0 Å². The van der Waals surface area contributed by atoms with Crippen LogP contribution in [0.25, 0.3) is 0 Å². The van der Waals surface area contributed by atoms with Crippen molar-refractivity contribution in [1.82, 2.24) is 0 Å². The van der Waals surface area contributed by atoms with E-state index in [9.17, 15) is 4.79 Å². The van der Waals surface area contributed by atoms with Crippen molar-refractivity contribution < 1.29 is 14.3 Å². The highest BCUT2D eigenvalue weighted by atomic mass is 16.7. The molecule has 19 heavy (non-hydrogen) atoms. The third-order valence-electron chi connectivity index (χ3n) is 3.91. The number of rotatable bonds is 0. The van der Waals surface area contributed by atoms with Crippen LogP contribution in [0.2, 0.25) is 0 Å². The SMILES string of the molecule is CC(C)(C)OC(=O)N1c2ccccc2C2(C)OC12C. The van der Waals surface area contributed by atoms with Crippen LogP contribution < -0.4 is 4.90 Å². The van der Waals surface area contributed by atoms with Crippen molar-refractivity contribution >= 4 is 11.8 Å². The highest BCUT2D eigenvalue weighted by molar-refractivity contribution is 5.94. The first-order valence-corrected chi connectivity index (χ1v) is 6.52. The first kappa shape index (κ1) is 12.5. The summed E-state index contributed by atoms with van der Waals surface area (Å²) in [6, 6.07) is 7.83. The molecule has 2 heterocycles. The summed E-state index contributed by atoms with van der Waals surface area (Å²) in [6.07, 6.45) is -0.358. The molecule has 2 aliphatic rings. The molecular weight excluding hydrogens is 242 g/mol. The summed E-state index contributed by atoms with van der Waals surface area (Å²) in [5.74, 6) is 0. The number of carbonyl (C=O) groups is 1. The fraction of sp³-hybridized carbons (Fsp3) is 0.533. The minimum Gasteiger partial charge on any atom is -0.443 e. The first-order valence-electron chi connectivity index (χ1n) is 6.52. The molecule has 1 aromatic carbocycles. The van der Waals surface area contributed by atoms with Gasteiger partial charge in [-0.1, -0.05) is 18.2 Å². The van der Waals surface area contributed by atoms with Crippen LogP contribution in [0.1, 0.15) is 40.2 Å². The van der Waals surface area contributed by atoms with E-state index in [1.165, 1.54) is 0 Å². The van der Waals surface area contributed by atoms with Crippen molar-refractivity contribution in [1.29, 1.82) is 0 Å². The normalized spacial score (nSPS) is 31.7. The molecule has 0 N–H and O–H groups in total. The number of anilines is 1. The number of para-hydroxylation sites is 1. The van der Waals surface area contributed by atoms with E-state index < -0.39 is 16.9 Å². The molecule has 0 saturated carbocycles. The number of carbonyl (C=O) groups excluding carboxylic acids is 1. The van der Waals surface area contributed by atoms with Gasteiger partial charge in [0.25, 0.3) is 0 Å². The lowest BCUT2D eigenvalue weighted by molar-refractivity contribution is 0.0538. The number of fused-ring (bicyclic) bond motifs is 3. The average Bonchev–Trinajstić information content (AvgIpc) is 2.74. The maximum atomic E-state index is 12.4. The van der Waals surface area contributed by atoms with Gasteiger partial charge < -0.3 is 9.47 Å². The van der Waals surface area contributed by atoms with Gasteiger partial charge in [-0.15, -0.1) is 0 Å². The van der Waals surface area contributed by atoms with Crippen LogP contribution in [-0.4, -0.2) is 17.4 Å². The van der Waals surface area contributed by atoms with Gasteiger partial charge in [0.15, 0.2) is 5.72 Å². The molecule has 0 bridgehead atoms. The lowest BCUT2D eigenvalue weighted by atomic mass is 9.98. The Kier molecular flexibility index (Phi) is 2.17. The van der Waals surface area contributed by atoms with Crippen LogP contribution in [0.5, 0.6) is 0 Å². The van der Waals surface area contributed by atoms with Gasteiger partial charge in [0.1, 0.15) is 11.2 Å². The van der Waals surface area contributed by atoms with E-state index in [4.69, 9.17) is 9.47 Å². The molecule has 0 aromatic heterocycles. The number of hydrogen-bond donors (Lipinski definition) is 0.